The molecule has 6 nitrogen and oxygen atoms in total. The minimum absolute atomic E-state index is 0.706. The highest BCUT2D eigenvalue weighted by molar-refractivity contribution is 5.83. The van der Waals surface area contributed by atoms with Crippen molar-refractivity contribution in [1.82, 2.24) is 24.8 Å². The van der Waals surface area contributed by atoms with E-state index in [0.717, 1.165) is 40.6 Å². The van der Waals surface area contributed by atoms with Crippen LogP contribution in [-0.2, 0) is 0 Å². The third kappa shape index (κ3) is 4.42. The molecule has 154 valence electrons. The zero-order valence-corrected chi connectivity index (χ0v) is 18.0. The average Bonchev–Trinajstić information content (AvgIpc) is 3.14. The summed E-state index contributed by atoms with van der Waals surface area (Å²) in [7, 11) is 2.22. The van der Waals surface area contributed by atoms with Crippen LogP contribution in [0.2, 0.25) is 0 Å². The van der Waals surface area contributed by atoms with Crippen molar-refractivity contribution < 1.29 is 0 Å². The van der Waals surface area contributed by atoms with Gasteiger partial charge in [0.25, 0.3) is 0 Å². The first-order valence-corrected chi connectivity index (χ1v) is 10.7. The van der Waals surface area contributed by atoms with E-state index in [0.29, 0.717) is 5.95 Å². The highest BCUT2D eigenvalue weighted by atomic mass is 15.1. The average molecular weight is 393 g/mol. The zero-order valence-electron chi connectivity index (χ0n) is 18.0. The van der Waals surface area contributed by atoms with Gasteiger partial charge >= 0.3 is 0 Å². The van der Waals surface area contributed by atoms with Gasteiger partial charge in [-0.05, 0) is 89.7 Å². The van der Waals surface area contributed by atoms with Crippen LogP contribution in [0.3, 0.4) is 0 Å². The highest BCUT2D eigenvalue weighted by Gasteiger charge is 2.16. The Morgan fingerprint density at radius 3 is 2.69 bits per heavy atom. The minimum Gasteiger partial charge on any atom is -0.354 e. The highest BCUT2D eigenvalue weighted by Crippen LogP contribution is 2.26. The van der Waals surface area contributed by atoms with E-state index in [1.807, 2.05) is 13.1 Å². The molecule has 3 aromatic rings. The molecule has 29 heavy (non-hydrogen) atoms. The first-order valence-electron chi connectivity index (χ1n) is 10.7. The second-order valence-electron chi connectivity index (χ2n) is 8.50. The van der Waals surface area contributed by atoms with Crippen LogP contribution >= 0.6 is 0 Å². The molecule has 1 saturated heterocycles. The summed E-state index contributed by atoms with van der Waals surface area (Å²) in [4.78, 5) is 19.8. The Bertz CT molecular complexity index is 984. The first-order chi connectivity index (χ1) is 14.0. The van der Waals surface area contributed by atoms with Crippen LogP contribution in [0.25, 0.3) is 22.4 Å². The maximum absolute atomic E-state index is 4.81. The van der Waals surface area contributed by atoms with Gasteiger partial charge in [-0.15, -0.1) is 0 Å². The van der Waals surface area contributed by atoms with Crippen molar-refractivity contribution in [3.63, 3.8) is 0 Å². The Balaban J connectivity index is 1.37. The van der Waals surface area contributed by atoms with E-state index >= 15 is 0 Å². The Morgan fingerprint density at radius 1 is 1.14 bits per heavy atom. The monoisotopic (exact) mass is 392 g/mol. The van der Waals surface area contributed by atoms with Crippen LogP contribution in [-0.4, -0.2) is 51.5 Å². The van der Waals surface area contributed by atoms with Gasteiger partial charge in [0.1, 0.15) is 5.82 Å². The van der Waals surface area contributed by atoms with Crippen molar-refractivity contribution in [1.29, 1.82) is 0 Å². The largest absolute Gasteiger partial charge is 0.354 e. The van der Waals surface area contributed by atoms with Gasteiger partial charge in [0, 0.05) is 12.7 Å². The second-order valence-corrected chi connectivity index (χ2v) is 8.50. The number of nitrogens with one attached hydrogen (secondary N) is 2. The zero-order chi connectivity index (χ0) is 20.4. The van der Waals surface area contributed by atoms with E-state index in [2.05, 4.69) is 58.2 Å². The number of benzene rings is 1. The predicted octanol–water partition coefficient (Wildman–Crippen LogP) is 4.48. The maximum atomic E-state index is 4.81. The lowest BCUT2D eigenvalue weighted by Crippen LogP contribution is -2.30. The fraction of sp³-hybridized carbons (Fsp3) is 0.522. The van der Waals surface area contributed by atoms with Gasteiger partial charge in [-0.1, -0.05) is 6.07 Å². The third-order valence-corrected chi connectivity index (χ3v) is 6.32. The first kappa shape index (κ1) is 19.8. The number of aromatic amines is 1. The van der Waals surface area contributed by atoms with Crippen molar-refractivity contribution in [2.24, 2.45) is 5.92 Å². The molecule has 1 aliphatic rings. The smallest absolute Gasteiger partial charge is 0.222 e. The van der Waals surface area contributed by atoms with Gasteiger partial charge in [0.15, 0.2) is 0 Å². The molecule has 3 heterocycles. The van der Waals surface area contributed by atoms with Gasteiger partial charge in [0.2, 0.25) is 5.95 Å². The summed E-state index contributed by atoms with van der Waals surface area (Å²) in [5.74, 6) is 2.41. The number of fused-ring (bicyclic) bond motifs is 1. The van der Waals surface area contributed by atoms with E-state index in [-0.39, 0.29) is 0 Å². The SMILES string of the molecule is Cc1ccc2[nH]c(-c3cnc(NCCCC4CCN(C)CC4)nc3C)nc2c1C. The number of imidazole rings is 1. The summed E-state index contributed by atoms with van der Waals surface area (Å²) in [5.41, 5.74) is 6.44. The quantitative estimate of drug-likeness (QED) is 0.605. The predicted molar refractivity (Wildman–Crippen MR) is 119 cm³/mol. The van der Waals surface area contributed by atoms with E-state index < -0.39 is 0 Å². The number of piperidine rings is 1. The topological polar surface area (TPSA) is 69.7 Å². The molecule has 0 aliphatic carbocycles. The molecule has 0 saturated carbocycles. The molecule has 0 spiro atoms. The Morgan fingerprint density at radius 2 is 1.93 bits per heavy atom. The summed E-state index contributed by atoms with van der Waals surface area (Å²) in [6.45, 7) is 9.65. The summed E-state index contributed by atoms with van der Waals surface area (Å²) in [5, 5.41) is 3.39. The van der Waals surface area contributed by atoms with Gasteiger partial charge < -0.3 is 15.2 Å². The molecule has 4 rings (SSSR count). The normalized spacial score (nSPS) is 15.9. The molecule has 0 atom stereocenters. The molecule has 0 radical (unpaired) electrons. The van der Waals surface area contributed by atoms with Gasteiger partial charge in [-0.2, -0.15) is 0 Å². The minimum atomic E-state index is 0.706. The third-order valence-electron chi connectivity index (χ3n) is 6.32. The van der Waals surface area contributed by atoms with E-state index in [4.69, 9.17) is 4.98 Å². The molecule has 0 amide bonds. The molecule has 2 N–H and O–H groups in total. The number of hydrogen-bond acceptors (Lipinski definition) is 5. The van der Waals surface area contributed by atoms with Crippen LogP contribution in [0, 0.1) is 26.7 Å². The summed E-state index contributed by atoms with van der Waals surface area (Å²) < 4.78 is 0. The molecular weight excluding hydrogens is 360 g/mol. The second kappa shape index (κ2) is 8.49. The molecular formula is C23H32N6. The van der Waals surface area contributed by atoms with E-state index in [9.17, 15) is 0 Å². The number of aromatic nitrogens is 4. The number of nitrogens with zero attached hydrogens (tertiary/aromatic N) is 4. The molecule has 1 aliphatic heterocycles. The fourth-order valence-corrected chi connectivity index (χ4v) is 4.17. The lowest BCUT2D eigenvalue weighted by molar-refractivity contribution is 0.211. The number of aryl methyl sites for hydroxylation is 3. The van der Waals surface area contributed by atoms with Crippen molar-refractivity contribution in [2.75, 3.05) is 32.0 Å². The van der Waals surface area contributed by atoms with Crippen molar-refractivity contribution in [3.8, 4) is 11.4 Å². The lowest BCUT2D eigenvalue weighted by Gasteiger charge is -2.28. The number of anilines is 1. The lowest BCUT2D eigenvalue weighted by atomic mass is 9.92. The van der Waals surface area contributed by atoms with Crippen molar-refractivity contribution in [2.45, 2.75) is 46.5 Å². The number of rotatable bonds is 6. The van der Waals surface area contributed by atoms with Crippen molar-refractivity contribution >= 4 is 17.0 Å². The Hall–Kier alpha value is -2.47. The van der Waals surface area contributed by atoms with Crippen molar-refractivity contribution in [3.05, 3.63) is 35.2 Å². The van der Waals surface area contributed by atoms with Gasteiger partial charge in [-0.25, -0.2) is 15.0 Å². The molecule has 1 aromatic carbocycles. The number of likely N-dealkylation sites (tertiary alicyclic amines) is 1. The van der Waals surface area contributed by atoms with Crippen LogP contribution < -0.4 is 5.32 Å². The molecule has 6 heteroatoms. The molecule has 0 unspecified atom stereocenters. The maximum Gasteiger partial charge on any atom is 0.222 e. The van der Waals surface area contributed by atoms with E-state index in [1.165, 1.54) is 49.9 Å². The van der Waals surface area contributed by atoms with Gasteiger partial charge in [-0.3, -0.25) is 0 Å². The van der Waals surface area contributed by atoms with Gasteiger partial charge in [0.05, 0.1) is 22.3 Å². The Kier molecular flexibility index (Phi) is 5.81. The molecule has 0 bridgehead atoms. The summed E-state index contributed by atoms with van der Waals surface area (Å²) >= 11 is 0. The molecule has 2 aromatic heterocycles. The number of hydrogen-bond donors (Lipinski definition) is 2. The van der Waals surface area contributed by atoms with Crippen LogP contribution in [0.1, 0.15) is 42.5 Å². The van der Waals surface area contributed by atoms with Crippen LogP contribution in [0.15, 0.2) is 18.3 Å². The fourth-order valence-electron chi connectivity index (χ4n) is 4.17. The van der Waals surface area contributed by atoms with Crippen LogP contribution in [0.4, 0.5) is 5.95 Å². The number of H-pyrrole nitrogens is 1. The Labute approximate surface area is 173 Å². The summed E-state index contributed by atoms with van der Waals surface area (Å²) in [6.07, 6.45) is 6.99. The molecule has 1 fully saturated rings. The standard InChI is InChI=1S/C23H32N6/c1-15-7-8-20-21(16(15)2)28-22(27-20)19-14-25-23(26-17(19)3)24-11-5-6-18-9-12-29(4)13-10-18/h7-8,14,18H,5-6,9-13H2,1-4H3,(H,27,28)(H,24,25,26). The van der Waals surface area contributed by atoms with E-state index in [1.54, 1.807) is 0 Å². The summed E-state index contributed by atoms with van der Waals surface area (Å²) in [6, 6.07) is 4.21. The van der Waals surface area contributed by atoms with Crippen LogP contribution in [0.5, 0.6) is 0 Å².